The van der Waals surface area contributed by atoms with Crippen molar-refractivity contribution in [2.45, 2.75) is 12.5 Å². The topological polar surface area (TPSA) is 38.0 Å². The Balaban J connectivity index is 2.30. The van der Waals surface area contributed by atoms with E-state index in [1.165, 1.54) is 12.1 Å². The second-order valence-electron chi connectivity index (χ2n) is 4.36. The molecule has 1 atom stereocenters. The maximum Gasteiger partial charge on any atom is 0.124 e. The molecular formula is C14H12BrCl2FN2. The van der Waals surface area contributed by atoms with E-state index in [1.54, 1.807) is 18.2 Å². The van der Waals surface area contributed by atoms with E-state index >= 15 is 0 Å². The van der Waals surface area contributed by atoms with Crippen molar-refractivity contribution in [2.24, 2.45) is 5.84 Å². The van der Waals surface area contributed by atoms with E-state index in [-0.39, 0.29) is 11.9 Å². The lowest BCUT2D eigenvalue weighted by atomic mass is 9.99. The molecule has 0 aromatic heterocycles. The third kappa shape index (κ3) is 3.93. The van der Waals surface area contributed by atoms with Gasteiger partial charge in [0.25, 0.3) is 0 Å². The van der Waals surface area contributed by atoms with Gasteiger partial charge in [-0.3, -0.25) is 11.3 Å². The number of hydrogen-bond acceptors (Lipinski definition) is 2. The third-order valence-corrected chi connectivity index (χ3v) is 3.98. The van der Waals surface area contributed by atoms with Crippen LogP contribution in [0.3, 0.4) is 0 Å². The van der Waals surface area contributed by atoms with Gasteiger partial charge in [-0.1, -0.05) is 39.1 Å². The van der Waals surface area contributed by atoms with Gasteiger partial charge >= 0.3 is 0 Å². The maximum atomic E-state index is 13.5. The number of benzene rings is 2. The second kappa shape index (κ2) is 6.87. The van der Waals surface area contributed by atoms with Crippen molar-refractivity contribution in [3.05, 3.63) is 67.9 Å². The lowest BCUT2D eigenvalue weighted by Gasteiger charge is -2.18. The monoisotopic (exact) mass is 376 g/mol. The SMILES string of the molecule is NNC(Cc1cc(Cl)ccc1Cl)c1cc(F)cc(Br)c1. The highest BCUT2D eigenvalue weighted by molar-refractivity contribution is 9.10. The molecule has 0 radical (unpaired) electrons. The number of nitrogens with one attached hydrogen (secondary N) is 1. The van der Waals surface area contributed by atoms with Crippen molar-refractivity contribution in [1.82, 2.24) is 5.43 Å². The number of nitrogens with two attached hydrogens (primary N) is 1. The first-order valence-corrected chi connectivity index (χ1v) is 7.40. The zero-order valence-corrected chi connectivity index (χ0v) is 13.4. The molecule has 2 nitrogen and oxygen atoms in total. The summed E-state index contributed by atoms with van der Waals surface area (Å²) < 4.78 is 14.1. The van der Waals surface area contributed by atoms with Gasteiger partial charge in [0, 0.05) is 14.5 Å². The predicted octanol–water partition coefficient (Wildman–Crippen LogP) is 4.64. The van der Waals surface area contributed by atoms with Crippen LogP contribution in [0.1, 0.15) is 17.2 Å². The van der Waals surface area contributed by atoms with Gasteiger partial charge < -0.3 is 0 Å². The van der Waals surface area contributed by atoms with Crippen molar-refractivity contribution >= 4 is 39.1 Å². The van der Waals surface area contributed by atoms with E-state index in [1.807, 2.05) is 6.07 Å². The molecule has 6 heteroatoms. The van der Waals surface area contributed by atoms with E-state index < -0.39 is 0 Å². The van der Waals surface area contributed by atoms with Crippen molar-refractivity contribution in [2.75, 3.05) is 0 Å². The van der Waals surface area contributed by atoms with Gasteiger partial charge in [0.2, 0.25) is 0 Å². The molecule has 20 heavy (non-hydrogen) atoms. The van der Waals surface area contributed by atoms with Crippen molar-refractivity contribution in [1.29, 1.82) is 0 Å². The van der Waals surface area contributed by atoms with Crippen LogP contribution in [0.15, 0.2) is 40.9 Å². The zero-order valence-electron chi connectivity index (χ0n) is 10.3. The molecule has 2 aromatic rings. The second-order valence-corrected chi connectivity index (χ2v) is 6.12. The summed E-state index contributed by atoms with van der Waals surface area (Å²) in [6.07, 6.45) is 0.506. The van der Waals surface area contributed by atoms with E-state index in [0.717, 1.165) is 11.1 Å². The van der Waals surface area contributed by atoms with Gasteiger partial charge in [-0.2, -0.15) is 0 Å². The Bertz CT molecular complexity index is 602. The third-order valence-electron chi connectivity index (χ3n) is 2.92. The Hall–Kier alpha value is -0.650. The minimum atomic E-state index is -0.327. The number of halogens is 4. The Labute approximate surface area is 135 Å². The predicted molar refractivity (Wildman–Crippen MR) is 84.3 cm³/mol. The smallest absolute Gasteiger partial charge is 0.124 e. The van der Waals surface area contributed by atoms with Crippen LogP contribution in [0.25, 0.3) is 0 Å². The first-order valence-electron chi connectivity index (χ1n) is 5.85. The number of rotatable bonds is 4. The average molecular weight is 378 g/mol. The summed E-state index contributed by atoms with van der Waals surface area (Å²) in [6, 6.07) is 9.61. The normalized spacial score (nSPS) is 12.4. The molecule has 0 bridgehead atoms. The highest BCUT2D eigenvalue weighted by atomic mass is 79.9. The number of hydrogen-bond donors (Lipinski definition) is 2. The molecule has 0 heterocycles. The molecule has 3 N–H and O–H groups in total. The van der Waals surface area contributed by atoms with Crippen LogP contribution in [-0.2, 0) is 6.42 Å². The standard InChI is InChI=1S/C14H12BrCl2FN2/c15-10-3-9(5-12(18)7-10)14(20-19)6-8-4-11(16)1-2-13(8)17/h1-5,7,14,20H,6,19H2. The molecule has 0 saturated carbocycles. The van der Waals surface area contributed by atoms with E-state index in [2.05, 4.69) is 21.4 Å². The first kappa shape index (κ1) is 15.7. The molecule has 0 saturated heterocycles. The Morgan fingerprint density at radius 2 is 1.95 bits per heavy atom. The van der Waals surface area contributed by atoms with Gasteiger partial charge in [-0.15, -0.1) is 0 Å². The molecule has 0 amide bonds. The quantitative estimate of drug-likeness (QED) is 0.601. The minimum Gasteiger partial charge on any atom is -0.271 e. The van der Waals surface area contributed by atoms with Crippen molar-refractivity contribution < 1.29 is 4.39 Å². The van der Waals surface area contributed by atoms with Crippen LogP contribution >= 0.6 is 39.1 Å². The summed E-state index contributed by atoms with van der Waals surface area (Å²) in [6.45, 7) is 0. The fourth-order valence-corrected chi connectivity index (χ4v) is 2.84. The molecule has 0 spiro atoms. The van der Waals surface area contributed by atoms with Gasteiger partial charge in [0.05, 0.1) is 6.04 Å². The highest BCUT2D eigenvalue weighted by Gasteiger charge is 2.14. The van der Waals surface area contributed by atoms with E-state index in [9.17, 15) is 4.39 Å². The fourth-order valence-electron chi connectivity index (χ4n) is 1.97. The van der Waals surface area contributed by atoms with Crippen molar-refractivity contribution in [3.63, 3.8) is 0 Å². The Morgan fingerprint density at radius 3 is 2.60 bits per heavy atom. The van der Waals surface area contributed by atoms with Gasteiger partial charge in [0.1, 0.15) is 5.82 Å². The lowest BCUT2D eigenvalue weighted by molar-refractivity contribution is 0.544. The number of hydrazine groups is 1. The van der Waals surface area contributed by atoms with Crippen LogP contribution in [0.2, 0.25) is 10.0 Å². The molecule has 0 fully saturated rings. The fraction of sp³-hybridized carbons (Fsp3) is 0.143. The molecule has 0 aliphatic heterocycles. The summed E-state index contributed by atoms with van der Waals surface area (Å²) in [7, 11) is 0. The summed E-state index contributed by atoms with van der Waals surface area (Å²) in [4.78, 5) is 0. The summed E-state index contributed by atoms with van der Waals surface area (Å²) in [5.74, 6) is 5.25. The Kier molecular flexibility index (Phi) is 5.41. The van der Waals surface area contributed by atoms with Gasteiger partial charge in [0.15, 0.2) is 0 Å². The molecule has 1 unspecified atom stereocenters. The molecule has 106 valence electrons. The molecule has 0 aliphatic rings. The van der Waals surface area contributed by atoms with E-state index in [4.69, 9.17) is 29.0 Å². The maximum absolute atomic E-state index is 13.5. The van der Waals surface area contributed by atoms with Gasteiger partial charge in [-0.25, -0.2) is 4.39 Å². The Morgan fingerprint density at radius 1 is 1.20 bits per heavy atom. The van der Waals surface area contributed by atoms with E-state index in [0.29, 0.717) is 20.9 Å². The minimum absolute atomic E-state index is 0.266. The molecular weight excluding hydrogens is 366 g/mol. The van der Waals surface area contributed by atoms with Crippen LogP contribution in [0.5, 0.6) is 0 Å². The summed E-state index contributed by atoms with van der Waals surface area (Å²) in [5.41, 5.74) is 4.26. The summed E-state index contributed by atoms with van der Waals surface area (Å²) >= 11 is 15.4. The van der Waals surface area contributed by atoms with Crippen LogP contribution in [0, 0.1) is 5.82 Å². The largest absolute Gasteiger partial charge is 0.271 e. The first-order chi connectivity index (χ1) is 9.49. The summed E-state index contributed by atoms with van der Waals surface area (Å²) in [5, 5.41) is 1.20. The average Bonchev–Trinajstić information content (AvgIpc) is 2.38. The molecule has 2 rings (SSSR count). The van der Waals surface area contributed by atoms with Crippen LogP contribution < -0.4 is 11.3 Å². The van der Waals surface area contributed by atoms with Crippen LogP contribution in [0.4, 0.5) is 4.39 Å². The molecule has 0 aliphatic carbocycles. The molecule has 2 aromatic carbocycles. The van der Waals surface area contributed by atoms with Crippen LogP contribution in [-0.4, -0.2) is 0 Å². The highest BCUT2D eigenvalue weighted by Crippen LogP contribution is 2.27. The van der Waals surface area contributed by atoms with Gasteiger partial charge in [-0.05, 0) is 53.9 Å². The van der Waals surface area contributed by atoms with Crippen molar-refractivity contribution in [3.8, 4) is 0 Å². The zero-order chi connectivity index (χ0) is 14.7. The lowest BCUT2D eigenvalue weighted by Crippen LogP contribution is -2.29.